The Hall–Kier alpha value is -3.63. The van der Waals surface area contributed by atoms with Crippen molar-refractivity contribution in [2.24, 2.45) is 5.73 Å². The molecule has 0 bridgehead atoms. The first-order chi connectivity index (χ1) is 16.3. The van der Waals surface area contributed by atoms with Crippen LogP contribution >= 0.6 is 22.9 Å². The highest BCUT2D eigenvalue weighted by Gasteiger charge is 2.26. The molecule has 0 aliphatic carbocycles. The van der Waals surface area contributed by atoms with Crippen LogP contribution in [0.15, 0.2) is 42.5 Å². The predicted molar refractivity (Wildman–Crippen MR) is 124 cm³/mol. The number of nitrogens with two attached hydrogens (primary N) is 1. The van der Waals surface area contributed by atoms with Crippen molar-refractivity contribution < 1.29 is 23.0 Å². The molecule has 0 saturated carbocycles. The number of aryl methyl sites for hydroxylation is 1. The predicted octanol–water partition coefficient (Wildman–Crippen LogP) is 5.19. The maximum atomic E-state index is 14.9. The first-order valence-electron chi connectivity index (χ1n) is 9.83. The molecule has 0 radical (unpaired) electrons. The van der Waals surface area contributed by atoms with E-state index in [4.69, 9.17) is 26.8 Å². The number of hydrogen-bond acceptors (Lipinski definition) is 7. The summed E-state index contributed by atoms with van der Waals surface area (Å²) in [6.45, 7) is 1.75. The highest BCUT2D eigenvalue weighted by atomic mass is 35.5. The van der Waals surface area contributed by atoms with Crippen molar-refractivity contribution >= 4 is 28.8 Å². The Morgan fingerprint density at radius 3 is 2.56 bits per heavy atom. The fourth-order valence-electron chi connectivity index (χ4n) is 3.31. The summed E-state index contributed by atoms with van der Waals surface area (Å²) in [5.41, 5.74) is 5.86. The van der Waals surface area contributed by atoms with Gasteiger partial charge in [0, 0.05) is 16.3 Å². The number of halogens is 3. The number of ether oxygens (including phenoxy) is 2. The van der Waals surface area contributed by atoms with Crippen LogP contribution in [0.25, 0.3) is 21.8 Å². The Labute approximate surface area is 202 Å². The monoisotopic (exact) mass is 502 g/mol. The Bertz CT molecular complexity index is 1380. The van der Waals surface area contributed by atoms with E-state index >= 15 is 0 Å². The normalized spacial score (nSPS) is 10.9. The lowest BCUT2D eigenvalue weighted by atomic mass is 9.96. The van der Waals surface area contributed by atoms with Crippen molar-refractivity contribution in [2.45, 2.75) is 13.5 Å². The highest BCUT2D eigenvalue weighted by Crippen LogP contribution is 2.39. The zero-order chi connectivity index (χ0) is 24.4. The molecule has 2 aromatic heterocycles. The van der Waals surface area contributed by atoms with E-state index in [1.165, 1.54) is 19.2 Å². The molecular weight excluding hydrogens is 486 g/mol. The number of primary amides is 1. The van der Waals surface area contributed by atoms with Crippen molar-refractivity contribution in [3.8, 4) is 33.3 Å². The molecular formula is C23H17ClF2N4O3S. The smallest absolute Gasteiger partial charge is 0.251 e. The van der Waals surface area contributed by atoms with Crippen LogP contribution in [-0.4, -0.2) is 28.2 Å². The summed E-state index contributed by atoms with van der Waals surface area (Å²) in [4.78, 5) is 16.9. The molecule has 0 spiro atoms. The van der Waals surface area contributed by atoms with Crippen molar-refractivity contribution in [2.75, 3.05) is 7.11 Å². The first-order valence-corrected chi connectivity index (χ1v) is 11.0. The number of hydrogen-bond donors (Lipinski definition) is 1. The quantitative estimate of drug-likeness (QED) is 0.373. The second kappa shape index (κ2) is 9.70. The molecule has 11 heteroatoms. The van der Waals surface area contributed by atoms with E-state index in [-0.39, 0.29) is 39.7 Å². The largest absolute Gasteiger partial charge is 0.496 e. The zero-order valence-corrected chi connectivity index (χ0v) is 19.5. The molecule has 2 heterocycles. The van der Waals surface area contributed by atoms with E-state index in [1.54, 1.807) is 31.2 Å². The standard InChI is InChI=1S/C23H17ClF2N4O3S/c1-11-9-14(18-16(32-2)8-7-15(25)20(18)26)19(22(27)31)21(28-11)23-30-29-17(34-23)10-33-13-5-3-12(24)4-6-13/h3-9H,10H2,1-2H3,(H2,27,31). The number of nitrogens with zero attached hydrogens (tertiary/aromatic N) is 3. The Balaban J connectivity index is 1.77. The third-order valence-corrected chi connectivity index (χ3v) is 5.94. The lowest BCUT2D eigenvalue weighted by molar-refractivity contribution is 0.100. The molecule has 1 amide bonds. The molecule has 0 unspecified atom stereocenters. The molecule has 0 fully saturated rings. The SMILES string of the molecule is COc1ccc(F)c(F)c1-c1cc(C)nc(-c2nnc(COc3ccc(Cl)cc3)s2)c1C(N)=O. The molecule has 0 saturated heterocycles. The van der Waals surface area contributed by atoms with Crippen LogP contribution < -0.4 is 15.2 Å². The van der Waals surface area contributed by atoms with E-state index < -0.39 is 17.5 Å². The molecule has 174 valence electrons. The molecule has 0 aliphatic heterocycles. The second-order valence-electron chi connectivity index (χ2n) is 7.08. The number of rotatable bonds is 7. The van der Waals surface area contributed by atoms with Gasteiger partial charge in [-0.15, -0.1) is 10.2 Å². The van der Waals surface area contributed by atoms with E-state index in [0.29, 0.717) is 21.5 Å². The number of pyridine rings is 1. The number of amides is 1. The van der Waals surface area contributed by atoms with Gasteiger partial charge in [-0.1, -0.05) is 22.9 Å². The first kappa shape index (κ1) is 23.5. The van der Waals surface area contributed by atoms with Crippen LogP contribution in [-0.2, 0) is 6.61 Å². The highest BCUT2D eigenvalue weighted by molar-refractivity contribution is 7.14. The Morgan fingerprint density at radius 1 is 1.15 bits per heavy atom. The number of methoxy groups -OCH3 is 1. The maximum Gasteiger partial charge on any atom is 0.251 e. The lowest BCUT2D eigenvalue weighted by Crippen LogP contribution is -2.16. The average molecular weight is 503 g/mol. The lowest BCUT2D eigenvalue weighted by Gasteiger charge is -2.15. The van der Waals surface area contributed by atoms with Gasteiger partial charge in [0.2, 0.25) is 0 Å². The summed E-state index contributed by atoms with van der Waals surface area (Å²) in [5, 5.41) is 9.55. The summed E-state index contributed by atoms with van der Waals surface area (Å²) in [6.07, 6.45) is 0. The zero-order valence-electron chi connectivity index (χ0n) is 17.9. The van der Waals surface area contributed by atoms with E-state index in [2.05, 4.69) is 15.2 Å². The van der Waals surface area contributed by atoms with Gasteiger partial charge in [-0.05, 0) is 49.4 Å². The molecule has 4 aromatic rings. The molecule has 2 aromatic carbocycles. The minimum Gasteiger partial charge on any atom is -0.496 e. The third-order valence-electron chi connectivity index (χ3n) is 4.79. The molecule has 2 N–H and O–H groups in total. The Morgan fingerprint density at radius 2 is 1.88 bits per heavy atom. The van der Waals surface area contributed by atoms with Gasteiger partial charge in [0.15, 0.2) is 21.6 Å². The van der Waals surface area contributed by atoms with Crippen molar-refractivity contribution in [3.05, 3.63) is 75.4 Å². The molecule has 4 rings (SSSR count). The molecule has 0 aliphatic rings. The minimum atomic E-state index is -1.17. The summed E-state index contributed by atoms with van der Waals surface area (Å²) in [5.74, 6) is -2.54. The Kier molecular flexibility index (Phi) is 6.71. The number of carbonyl (C=O) groups is 1. The fraction of sp³-hybridized carbons (Fsp3) is 0.130. The van der Waals surface area contributed by atoms with Crippen molar-refractivity contribution in [1.82, 2.24) is 15.2 Å². The van der Waals surface area contributed by atoms with Gasteiger partial charge in [0.1, 0.15) is 23.8 Å². The number of aromatic nitrogens is 3. The number of benzene rings is 2. The van der Waals surface area contributed by atoms with Crippen LogP contribution in [0.1, 0.15) is 21.1 Å². The van der Waals surface area contributed by atoms with Gasteiger partial charge in [0.25, 0.3) is 5.91 Å². The molecule has 0 atom stereocenters. The topological polar surface area (TPSA) is 100 Å². The van der Waals surface area contributed by atoms with E-state index in [1.807, 2.05) is 0 Å². The maximum absolute atomic E-state index is 14.9. The van der Waals surface area contributed by atoms with Gasteiger partial charge in [-0.25, -0.2) is 13.8 Å². The third kappa shape index (κ3) is 4.68. The minimum absolute atomic E-state index is 0.0345. The summed E-state index contributed by atoms with van der Waals surface area (Å²) in [6, 6.07) is 10.5. The van der Waals surface area contributed by atoms with Crippen LogP contribution in [0.2, 0.25) is 5.02 Å². The van der Waals surface area contributed by atoms with Gasteiger partial charge in [-0.2, -0.15) is 0 Å². The van der Waals surface area contributed by atoms with Crippen molar-refractivity contribution in [1.29, 1.82) is 0 Å². The van der Waals surface area contributed by atoms with Gasteiger partial charge in [0.05, 0.1) is 18.2 Å². The molecule has 34 heavy (non-hydrogen) atoms. The summed E-state index contributed by atoms with van der Waals surface area (Å²) in [7, 11) is 1.31. The number of carbonyl (C=O) groups excluding carboxylic acids is 1. The van der Waals surface area contributed by atoms with Crippen LogP contribution in [0, 0.1) is 18.6 Å². The van der Waals surface area contributed by atoms with Crippen LogP contribution in [0.4, 0.5) is 8.78 Å². The second-order valence-corrected chi connectivity index (χ2v) is 8.58. The van der Waals surface area contributed by atoms with Gasteiger partial charge >= 0.3 is 0 Å². The van der Waals surface area contributed by atoms with Gasteiger partial charge in [-0.3, -0.25) is 4.79 Å². The van der Waals surface area contributed by atoms with Gasteiger partial charge < -0.3 is 15.2 Å². The van der Waals surface area contributed by atoms with Crippen LogP contribution in [0.5, 0.6) is 11.5 Å². The van der Waals surface area contributed by atoms with E-state index in [0.717, 1.165) is 17.4 Å². The van der Waals surface area contributed by atoms with E-state index in [9.17, 15) is 13.6 Å². The average Bonchev–Trinajstić information content (AvgIpc) is 3.28. The van der Waals surface area contributed by atoms with Crippen LogP contribution in [0.3, 0.4) is 0 Å². The summed E-state index contributed by atoms with van der Waals surface area (Å²) < 4.78 is 39.8. The van der Waals surface area contributed by atoms with Crippen molar-refractivity contribution in [3.63, 3.8) is 0 Å². The summed E-state index contributed by atoms with van der Waals surface area (Å²) >= 11 is 7.00. The fourth-order valence-corrected chi connectivity index (χ4v) is 4.19. The molecule has 7 nitrogen and oxygen atoms in total.